The van der Waals surface area contributed by atoms with E-state index in [1.807, 2.05) is 42.8 Å². The summed E-state index contributed by atoms with van der Waals surface area (Å²) in [5, 5.41) is 7.84. The number of carbonyl (C=O) groups excluding carboxylic acids is 1. The highest BCUT2D eigenvalue weighted by molar-refractivity contribution is 5.94. The standard InChI is InChI=1S/C22H29N3O/c1-14-12-15(2)25(24-14)18-8-6-16(7-9-18)20(26)23-19-13-17-10-11-22(19,5)21(17,3)4/h6-9,12,17,19H,10-11,13H2,1-5H3,(H,23,26). The van der Waals surface area contributed by atoms with Crippen molar-refractivity contribution in [2.45, 2.75) is 59.9 Å². The Labute approximate surface area is 156 Å². The molecule has 1 aromatic carbocycles. The number of carbonyl (C=O) groups is 1. The van der Waals surface area contributed by atoms with Gasteiger partial charge in [0.2, 0.25) is 0 Å². The third kappa shape index (κ3) is 2.42. The average Bonchev–Trinajstić information content (AvgIpc) is 3.11. The summed E-state index contributed by atoms with van der Waals surface area (Å²) >= 11 is 0. The van der Waals surface area contributed by atoms with Crippen LogP contribution in [0.3, 0.4) is 0 Å². The maximum absolute atomic E-state index is 12.8. The van der Waals surface area contributed by atoms with Crippen molar-refractivity contribution in [2.24, 2.45) is 16.7 Å². The smallest absolute Gasteiger partial charge is 0.251 e. The molecule has 1 aromatic heterocycles. The van der Waals surface area contributed by atoms with Crippen molar-refractivity contribution in [1.29, 1.82) is 0 Å². The van der Waals surface area contributed by atoms with E-state index in [-0.39, 0.29) is 17.4 Å². The van der Waals surface area contributed by atoms with Gasteiger partial charge in [-0.25, -0.2) is 4.68 Å². The van der Waals surface area contributed by atoms with Crippen LogP contribution in [0.15, 0.2) is 30.3 Å². The van der Waals surface area contributed by atoms with Crippen LogP contribution in [-0.2, 0) is 0 Å². The summed E-state index contributed by atoms with van der Waals surface area (Å²) in [6, 6.07) is 10.1. The molecule has 2 saturated carbocycles. The molecule has 4 rings (SSSR count). The Morgan fingerprint density at radius 1 is 1.19 bits per heavy atom. The molecule has 0 saturated heterocycles. The number of nitrogens with zero attached hydrogens (tertiary/aromatic N) is 2. The molecule has 1 heterocycles. The lowest BCUT2D eigenvalue weighted by atomic mass is 9.69. The normalized spacial score (nSPS) is 29.1. The molecule has 4 heteroatoms. The Morgan fingerprint density at radius 3 is 2.38 bits per heavy atom. The Bertz CT molecular complexity index is 849. The van der Waals surface area contributed by atoms with Crippen molar-refractivity contribution in [2.75, 3.05) is 0 Å². The van der Waals surface area contributed by atoms with Crippen LogP contribution in [0.4, 0.5) is 0 Å². The number of aryl methyl sites for hydroxylation is 2. The van der Waals surface area contributed by atoms with Gasteiger partial charge >= 0.3 is 0 Å². The minimum Gasteiger partial charge on any atom is -0.349 e. The van der Waals surface area contributed by atoms with E-state index in [9.17, 15) is 4.79 Å². The van der Waals surface area contributed by atoms with Crippen molar-refractivity contribution in [3.8, 4) is 5.69 Å². The number of benzene rings is 1. The van der Waals surface area contributed by atoms with E-state index in [2.05, 4.69) is 37.3 Å². The zero-order chi connectivity index (χ0) is 18.7. The molecule has 26 heavy (non-hydrogen) atoms. The maximum Gasteiger partial charge on any atom is 0.251 e. The van der Waals surface area contributed by atoms with E-state index >= 15 is 0 Å². The zero-order valence-electron chi connectivity index (χ0n) is 16.5. The van der Waals surface area contributed by atoms with Crippen LogP contribution in [0.5, 0.6) is 0 Å². The van der Waals surface area contributed by atoms with Crippen molar-refractivity contribution in [3.63, 3.8) is 0 Å². The summed E-state index contributed by atoms with van der Waals surface area (Å²) in [6.07, 6.45) is 3.62. The number of aromatic nitrogens is 2. The second kappa shape index (κ2) is 5.70. The third-order valence-corrected chi connectivity index (χ3v) is 7.48. The number of fused-ring (bicyclic) bond motifs is 2. The van der Waals surface area contributed by atoms with Crippen LogP contribution in [0.1, 0.15) is 61.8 Å². The number of hydrogen-bond acceptors (Lipinski definition) is 2. The highest BCUT2D eigenvalue weighted by Gasteiger charge is 2.61. The zero-order valence-corrected chi connectivity index (χ0v) is 16.5. The molecule has 0 radical (unpaired) electrons. The Balaban J connectivity index is 1.50. The topological polar surface area (TPSA) is 46.9 Å². The summed E-state index contributed by atoms with van der Waals surface area (Å²) < 4.78 is 1.91. The molecule has 1 N–H and O–H groups in total. The highest BCUT2D eigenvalue weighted by Crippen LogP contribution is 2.65. The molecule has 2 bridgehead atoms. The van der Waals surface area contributed by atoms with Crippen LogP contribution in [0.25, 0.3) is 5.69 Å². The van der Waals surface area contributed by atoms with E-state index in [4.69, 9.17) is 0 Å². The molecule has 3 unspecified atom stereocenters. The SMILES string of the molecule is Cc1cc(C)n(-c2ccc(C(=O)NC3CC4CCC3(C)C4(C)C)cc2)n1. The number of hydrogen-bond donors (Lipinski definition) is 1. The van der Waals surface area contributed by atoms with Crippen LogP contribution >= 0.6 is 0 Å². The first-order valence-electron chi connectivity index (χ1n) is 9.67. The fraction of sp³-hybridized carbons (Fsp3) is 0.545. The van der Waals surface area contributed by atoms with Gasteiger partial charge in [-0.2, -0.15) is 5.10 Å². The molecular weight excluding hydrogens is 322 g/mol. The fourth-order valence-corrected chi connectivity index (χ4v) is 5.31. The van der Waals surface area contributed by atoms with Crippen molar-refractivity contribution in [3.05, 3.63) is 47.3 Å². The van der Waals surface area contributed by atoms with E-state index in [1.54, 1.807) is 0 Å². The van der Waals surface area contributed by atoms with Gasteiger partial charge in [-0.15, -0.1) is 0 Å². The van der Waals surface area contributed by atoms with Gasteiger partial charge < -0.3 is 5.32 Å². The van der Waals surface area contributed by atoms with E-state index < -0.39 is 0 Å². The first-order valence-corrected chi connectivity index (χ1v) is 9.67. The van der Waals surface area contributed by atoms with Gasteiger partial charge in [-0.3, -0.25) is 4.79 Å². The second-order valence-corrected chi connectivity index (χ2v) is 9.02. The van der Waals surface area contributed by atoms with Crippen LogP contribution in [0.2, 0.25) is 0 Å². The molecule has 3 atom stereocenters. The monoisotopic (exact) mass is 351 g/mol. The van der Waals surface area contributed by atoms with Gasteiger partial charge in [0.1, 0.15) is 0 Å². The fourth-order valence-electron chi connectivity index (χ4n) is 5.31. The molecule has 1 amide bonds. The number of amides is 1. The molecular formula is C22H29N3O. The van der Waals surface area contributed by atoms with E-state index in [0.717, 1.165) is 35.0 Å². The minimum atomic E-state index is 0.0412. The summed E-state index contributed by atoms with van der Waals surface area (Å²) in [6.45, 7) is 11.1. The van der Waals surface area contributed by atoms with E-state index in [0.29, 0.717) is 5.41 Å². The first kappa shape index (κ1) is 17.3. The van der Waals surface area contributed by atoms with Crippen molar-refractivity contribution in [1.82, 2.24) is 15.1 Å². The second-order valence-electron chi connectivity index (χ2n) is 9.02. The summed E-state index contributed by atoms with van der Waals surface area (Å²) in [4.78, 5) is 12.8. The predicted molar refractivity (Wildman–Crippen MR) is 104 cm³/mol. The van der Waals surface area contributed by atoms with Gasteiger partial charge in [0.15, 0.2) is 0 Å². The van der Waals surface area contributed by atoms with Gasteiger partial charge in [-0.1, -0.05) is 20.8 Å². The van der Waals surface area contributed by atoms with Crippen LogP contribution < -0.4 is 5.32 Å². The lowest BCUT2D eigenvalue weighted by Gasteiger charge is -2.39. The van der Waals surface area contributed by atoms with Crippen LogP contribution in [-0.4, -0.2) is 21.7 Å². The molecule has 0 aliphatic heterocycles. The van der Waals surface area contributed by atoms with Gasteiger partial charge in [-0.05, 0) is 80.2 Å². The van der Waals surface area contributed by atoms with Gasteiger partial charge in [0.05, 0.1) is 11.4 Å². The average molecular weight is 351 g/mol. The maximum atomic E-state index is 12.8. The first-order chi connectivity index (χ1) is 12.2. The largest absolute Gasteiger partial charge is 0.349 e. The Kier molecular flexibility index (Phi) is 3.80. The number of rotatable bonds is 3. The van der Waals surface area contributed by atoms with E-state index in [1.165, 1.54) is 12.8 Å². The summed E-state index contributed by atoms with van der Waals surface area (Å²) in [7, 11) is 0. The Hall–Kier alpha value is -2.10. The van der Waals surface area contributed by atoms with Crippen LogP contribution in [0, 0.1) is 30.6 Å². The molecule has 2 aromatic rings. The lowest BCUT2D eigenvalue weighted by Crippen LogP contribution is -2.46. The Morgan fingerprint density at radius 2 is 1.88 bits per heavy atom. The van der Waals surface area contributed by atoms with Gasteiger partial charge in [0, 0.05) is 17.3 Å². The molecule has 138 valence electrons. The molecule has 2 fully saturated rings. The predicted octanol–water partition coefficient (Wildman–Crippen LogP) is 4.43. The third-order valence-electron chi connectivity index (χ3n) is 7.48. The summed E-state index contributed by atoms with van der Waals surface area (Å²) in [5.41, 5.74) is 4.31. The molecule has 2 aliphatic rings. The number of nitrogens with one attached hydrogen (secondary N) is 1. The molecule has 4 nitrogen and oxygen atoms in total. The summed E-state index contributed by atoms with van der Waals surface area (Å²) in [5.74, 6) is 0.769. The quantitative estimate of drug-likeness (QED) is 0.889. The lowest BCUT2D eigenvalue weighted by molar-refractivity contribution is 0.0826. The van der Waals surface area contributed by atoms with Crippen molar-refractivity contribution < 1.29 is 4.79 Å². The van der Waals surface area contributed by atoms with Gasteiger partial charge in [0.25, 0.3) is 5.91 Å². The molecule has 0 spiro atoms. The highest BCUT2D eigenvalue weighted by atomic mass is 16.1. The molecule has 2 aliphatic carbocycles. The van der Waals surface area contributed by atoms with Crippen molar-refractivity contribution >= 4 is 5.91 Å². The minimum absolute atomic E-state index is 0.0412.